The van der Waals surface area contributed by atoms with E-state index in [1.807, 2.05) is 0 Å². The maximum atomic E-state index is 12.4. The molecule has 0 saturated heterocycles. The van der Waals surface area contributed by atoms with Crippen molar-refractivity contribution >= 4 is 13.7 Å². The molecule has 0 aliphatic rings. The lowest BCUT2D eigenvalue weighted by Crippen LogP contribution is -2.32. The number of nitrogens with one attached hydrogen (secondary N) is 1. The van der Waals surface area contributed by atoms with Crippen LogP contribution >= 0.6 is 7.60 Å². The second-order valence-corrected chi connectivity index (χ2v) is 7.71. The molecule has 1 aromatic rings. The van der Waals surface area contributed by atoms with Crippen molar-refractivity contribution in [3.05, 3.63) is 11.9 Å². The average molecular weight is 348 g/mol. The van der Waals surface area contributed by atoms with Crippen LogP contribution in [0.5, 0.6) is 0 Å². The molecule has 1 aromatic heterocycles. The highest BCUT2D eigenvalue weighted by atomic mass is 31.2. The maximum absolute atomic E-state index is 12.4. The van der Waals surface area contributed by atoms with Gasteiger partial charge in [0.25, 0.3) is 0 Å². The molecular formula is C13H25N4O5P. The lowest BCUT2D eigenvalue weighted by atomic mass is 10.2. The van der Waals surface area contributed by atoms with E-state index < -0.39 is 19.3 Å². The summed E-state index contributed by atoms with van der Waals surface area (Å²) in [5.74, 6) is 0. The molecular weight excluding hydrogens is 323 g/mol. The van der Waals surface area contributed by atoms with E-state index >= 15 is 0 Å². The van der Waals surface area contributed by atoms with Crippen LogP contribution in [0, 0.1) is 0 Å². The van der Waals surface area contributed by atoms with E-state index in [1.54, 1.807) is 40.8 Å². The number of aromatic nitrogens is 3. The minimum atomic E-state index is -3.25. The van der Waals surface area contributed by atoms with E-state index in [-0.39, 0.29) is 26.0 Å². The molecule has 0 aliphatic carbocycles. The zero-order chi connectivity index (χ0) is 17.5. The molecule has 23 heavy (non-hydrogen) atoms. The zero-order valence-corrected chi connectivity index (χ0v) is 15.1. The summed E-state index contributed by atoms with van der Waals surface area (Å²) < 4.78 is 29.3. The largest absolute Gasteiger partial charge is 0.444 e. The van der Waals surface area contributed by atoms with E-state index in [1.165, 1.54) is 4.68 Å². The molecule has 0 saturated carbocycles. The minimum absolute atomic E-state index is 0.0336. The molecule has 0 atom stereocenters. The van der Waals surface area contributed by atoms with Crippen LogP contribution in [0.2, 0.25) is 0 Å². The van der Waals surface area contributed by atoms with Crippen molar-refractivity contribution in [1.82, 2.24) is 20.3 Å². The lowest BCUT2D eigenvalue weighted by Gasteiger charge is -2.19. The first-order valence-electron chi connectivity index (χ1n) is 7.41. The summed E-state index contributed by atoms with van der Waals surface area (Å²) in [6, 6.07) is 0. The highest BCUT2D eigenvalue weighted by Gasteiger charge is 2.25. The van der Waals surface area contributed by atoms with Crippen LogP contribution in [-0.4, -0.2) is 39.9 Å². The average Bonchev–Trinajstić information content (AvgIpc) is 2.82. The molecule has 1 amide bonds. The Morgan fingerprint density at radius 2 is 1.91 bits per heavy atom. The fraction of sp³-hybridized carbons (Fsp3) is 0.769. The first-order chi connectivity index (χ1) is 10.7. The molecule has 0 aromatic carbocycles. The molecule has 9 nitrogen and oxygen atoms in total. The van der Waals surface area contributed by atoms with Crippen molar-refractivity contribution in [2.75, 3.05) is 13.2 Å². The van der Waals surface area contributed by atoms with Gasteiger partial charge in [-0.25, -0.2) is 9.48 Å². The first-order valence-corrected chi connectivity index (χ1v) is 9.14. The SMILES string of the molecule is CCOP(=O)(Cn1cc(CNC(=O)OC(C)(C)C)nn1)OCC. The molecule has 0 aliphatic heterocycles. The van der Waals surface area contributed by atoms with Crippen molar-refractivity contribution in [1.29, 1.82) is 0 Å². The van der Waals surface area contributed by atoms with Crippen LogP contribution in [0.3, 0.4) is 0 Å². The summed E-state index contributed by atoms with van der Waals surface area (Å²) >= 11 is 0. The van der Waals surface area contributed by atoms with Crippen LogP contribution in [0.4, 0.5) is 4.79 Å². The summed E-state index contributed by atoms with van der Waals surface area (Å²) in [5.41, 5.74) is -0.0565. The van der Waals surface area contributed by atoms with Crippen LogP contribution in [-0.2, 0) is 31.2 Å². The molecule has 132 valence electrons. The quantitative estimate of drug-likeness (QED) is 0.720. The Bertz CT molecular complexity index is 545. The van der Waals surface area contributed by atoms with Gasteiger partial charge >= 0.3 is 13.7 Å². The molecule has 0 spiro atoms. The Morgan fingerprint density at radius 3 is 2.43 bits per heavy atom. The number of hydrogen-bond donors (Lipinski definition) is 1. The lowest BCUT2D eigenvalue weighted by molar-refractivity contribution is 0.0523. The number of ether oxygens (including phenoxy) is 1. The number of amides is 1. The maximum Gasteiger partial charge on any atom is 0.407 e. The van der Waals surface area contributed by atoms with E-state index in [4.69, 9.17) is 13.8 Å². The Balaban J connectivity index is 2.57. The third-order valence-corrected chi connectivity index (χ3v) is 4.31. The second kappa shape index (κ2) is 8.42. The van der Waals surface area contributed by atoms with E-state index in [0.717, 1.165) is 0 Å². The van der Waals surface area contributed by atoms with Crippen molar-refractivity contribution < 1.29 is 23.1 Å². The molecule has 1 N–H and O–H groups in total. The number of nitrogens with zero attached hydrogens (tertiary/aromatic N) is 3. The standard InChI is InChI=1S/C13H25N4O5P/c1-6-20-23(19,21-7-2)10-17-9-11(15-16-17)8-14-12(18)22-13(3,4)5/h9H,6-8,10H2,1-5H3,(H,14,18). The Hall–Kier alpha value is -1.44. The Morgan fingerprint density at radius 1 is 1.30 bits per heavy atom. The van der Waals surface area contributed by atoms with E-state index in [2.05, 4.69) is 15.6 Å². The van der Waals surface area contributed by atoms with Crippen molar-refractivity contribution in [3.63, 3.8) is 0 Å². The van der Waals surface area contributed by atoms with Gasteiger partial charge in [0.1, 0.15) is 17.6 Å². The number of alkyl carbamates (subject to hydrolysis) is 1. The highest BCUT2D eigenvalue weighted by Crippen LogP contribution is 2.49. The van der Waals surface area contributed by atoms with Gasteiger partial charge in [-0.1, -0.05) is 5.21 Å². The van der Waals surface area contributed by atoms with Crippen molar-refractivity contribution in [2.45, 2.75) is 53.1 Å². The highest BCUT2D eigenvalue weighted by molar-refractivity contribution is 7.52. The van der Waals surface area contributed by atoms with Crippen LogP contribution < -0.4 is 5.32 Å². The molecule has 1 rings (SSSR count). The number of rotatable bonds is 8. The topological polar surface area (TPSA) is 105 Å². The van der Waals surface area contributed by atoms with E-state index in [0.29, 0.717) is 5.69 Å². The number of hydrogen-bond acceptors (Lipinski definition) is 7. The van der Waals surface area contributed by atoms with Gasteiger partial charge < -0.3 is 19.1 Å². The summed E-state index contributed by atoms with van der Waals surface area (Å²) in [5, 5.41) is 10.3. The van der Waals surface area contributed by atoms with Crippen LogP contribution in [0.1, 0.15) is 40.3 Å². The first kappa shape index (κ1) is 19.6. The van der Waals surface area contributed by atoms with Gasteiger partial charge in [0.2, 0.25) is 0 Å². The fourth-order valence-electron chi connectivity index (χ4n) is 1.66. The minimum Gasteiger partial charge on any atom is -0.444 e. The second-order valence-electron chi connectivity index (χ2n) is 5.69. The fourth-order valence-corrected chi connectivity index (χ4v) is 3.17. The van der Waals surface area contributed by atoms with Crippen LogP contribution in [0.15, 0.2) is 6.20 Å². The summed E-state index contributed by atoms with van der Waals surface area (Å²) in [6.45, 7) is 9.53. The summed E-state index contributed by atoms with van der Waals surface area (Å²) in [6.07, 6.45) is 0.997. The smallest absolute Gasteiger partial charge is 0.407 e. The number of carbonyl (C=O) groups excluding carboxylic acids is 1. The predicted molar refractivity (Wildman–Crippen MR) is 84.0 cm³/mol. The zero-order valence-electron chi connectivity index (χ0n) is 14.2. The van der Waals surface area contributed by atoms with Gasteiger partial charge in [-0.3, -0.25) is 4.57 Å². The normalized spacial score (nSPS) is 12.2. The Kier molecular flexibility index (Phi) is 7.18. The van der Waals surface area contributed by atoms with Gasteiger partial charge in [-0.05, 0) is 34.6 Å². The van der Waals surface area contributed by atoms with Crippen LogP contribution in [0.25, 0.3) is 0 Å². The predicted octanol–water partition coefficient (Wildman–Crippen LogP) is 2.53. The third-order valence-electron chi connectivity index (χ3n) is 2.37. The Labute approximate surface area is 136 Å². The van der Waals surface area contributed by atoms with Gasteiger partial charge in [0.15, 0.2) is 0 Å². The third kappa shape index (κ3) is 7.58. The van der Waals surface area contributed by atoms with Gasteiger partial charge in [-0.15, -0.1) is 5.10 Å². The number of carbonyl (C=O) groups is 1. The van der Waals surface area contributed by atoms with Gasteiger partial charge in [-0.2, -0.15) is 0 Å². The summed E-state index contributed by atoms with van der Waals surface area (Å²) in [4.78, 5) is 11.6. The molecule has 10 heteroatoms. The molecule has 1 heterocycles. The molecule has 0 radical (unpaired) electrons. The molecule has 0 bridgehead atoms. The van der Waals surface area contributed by atoms with E-state index in [9.17, 15) is 9.36 Å². The van der Waals surface area contributed by atoms with Crippen molar-refractivity contribution in [3.8, 4) is 0 Å². The van der Waals surface area contributed by atoms with Gasteiger partial charge in [0.05, 0.1) is 26.0 Å². The molecule has 0 fully saturated rings. The van der Waals surface area contributed by atoms with Gasteiger partial charge in [0, 0.05) is 0 Å². The molecule has 0 unspecified atom stereocenters. The monoisotopic (exact) mass is 348 g/mol. The van der Waals surface area contributed by atoms with Crippen molar-refractivity contribution in [2.24, 2.45) is 0 Å². The summed E-state index contributed by atoms with van der Waals surface area (Å²) in [7, 11) is -3.25.